The molecule has 2 heterocycles. The largest absolute Gasteiger partial charge is 0.494 e. The molecule has 0 spiro atoms. The Balaban J connectivity index is 0.00000176. The Morgan fingerprint density at radius 3 is 2.86 bits per heavy atom. The van der Waals surface area contributed by atoms with Crippen LogP contribution < -0.4 is 10.5 Å². The van der Waals surface area contributed by atoms with E-state index in [0.717, 1.165) is 37.6 Å². The van der Waals surface area contributed by atoms with Crippen molar-refractivity contribution in [3.8, 4) is 11.4 Å². The van der Waals surface area contributed by atoms with Crippen LogP contribution in [0.25, 0.3) is 5.69 Å². The summed E-state index contributed by atoms with van der Waals surface area (Å²) >= 11 is 0. The Bertz CT molecular complexity index is 601. The molecule has 0 saturated carbocycles. The third-order valence-electron chi connectivity index (χ3n) is 4.12. The summed E-state index contributed by atoms with van der Waals surface area (Å²) in [5, 5.41) is 4.46. The van der Waals surface area contributed by atoms with Crippen LogP contribution in [0.15, 0.2) is 36.5 Å². The van der Waals surface area contributed by atoms with E-state index in [1.165, 1.54) is 12.1 Å². The minimum Gasteiger partial charge on any atom is -0.494 e. The van der Waals surface area contributed by atoms with Gasteiger partial charge < -0.3 is 10.5 Å². The molecular formula is C16H23ClN4O. The highest BCUT2D eigenvalue weighted by Gasteiger charge is 2.22. The second-order valence-electron chi connectivity index (χ2n) is 5.53. The number of hydrogen-bond donors (Lipinski definition) is 1. The molecule has 1 aliphatic heterocycles. The second-order valence-corrected chi connectivity index (χ2v) is 5.53. The summed E-state index contributed by atoms with van der Waals surface area (Å²) in [5.41, 5.74) is 7.93. The van der Waals surface area contributed by atoms with E-state index in [4.69, 9.17) is 10.5 Å². The molecule has 1 aliphatic rings. The molecule has 1 unspecified atom stereocenters. The summed E-state index contributed by atoms with van der Waals surface area (Å²) in [5.74, 6) is 1.47. The molecule has 1 saturated heterocycles. The van der Waals surface area contributed by atoms with Crippen molar-refractivity contribution in [2.75, 3.05) is 26.7 Å². The number of likely N-dealkylation sites (tertiary alicyclic amines) is 1. The molecule has 0 radical (unpaired) electrons. The van der Waals surface area contributed by atoms with E-state index in [0.29, 0.717) is 5.92 Å². The van der Waals surface area contributed by atoms with Crippen LogP contribution in [0.1, 0.15) is 12.1 Å². The van der Waals surface area contributed by atoms with Crippen molar-refractivity contribution in [2.45, 2.75) is 13.0 Å². The first kappa shape index (κ1) is 16.8. The first-order valence-electron chi connectivity index (χ1n) is 7.40. The van der Waals surface area contributed by atoms with Crippen molar-refractivity contribution >= 4 is 12.4 Å². The summed E-state index contributed by atoms with van der Waals surface area (Å²) in [6, 6.07) is 10.0. The Morgan fingerprint density at radius 2 is 2.14 bits per heavy atom. The van der Waals surface area contributed by atoms with Crippen molar-refractivity contribution < 1.29 is 4.74 Å². The summed E-state index contributed by atoms with van der Waals surface area (Å²) in [6.45, 7) is 3.86. The van der Waals surface area contributed by atoms with Crippen molar-refractivity contribution in [3.05, 3.63) is 42.2 Å². The van der Waals surface area contributed by atoms with Gasteiger partial charge in [0.1, 0.15) is 11.4 Å². The Morgan fingerprint density at radius 1 is 1.32 bits per heavy atom. The van der Waals surface area contributed by atoms with E-state index in [1.807, 2.05) is 35.1 Å². The molecule has 1 fully saturated rings. The number of aromatic nitrogens is 2. The van der Waals surface area contributed by atoms with Crippen LogP contribution in [-0.4, -0.2) is 41.4 Å². The number of nitrogens with zero attached hydrogens (tertiary/aromatic N) is 3. The van der Waals surface area contributed by atoms with Crippen molar-refractivity contribution in [2.24, 2.45) is 11.7 Å². The zero-order valence-electron chi connectivity index (χ0n) is 12.8. The molecule has 3 rings (SSSR count). The molecule has 0 amide bonds. The maximum Gasteiger partial charge on any atom is 0.144 e. The van der Waals surface area contributed by atoms with Gasteiger partial charge in [-0.2, -0.15) is 5.10 Å². The molecule has 0 bridgehead atoms. The molecular weight excluding hydrogens is 300 g/mol. The Labute approximate surface area is 137 Å². The summed E-state index contributed by atoms with van der Waals surface area (Å²) in [7, 11) is 1.69. The predicted molar refractivity (Wildman–Crippen MR) is 89.8 cm³/mol. The molecule has 22 heavy (non-hydrogen) atoms. The first-order chi connectivity index (χ1) is 10.3. The molecule has 2 aromatic rings. The molecule has 2 N–H and O–H groups in total. The number of hydrogen-bond acceptors (Lipinski definition) is 4. The third kappa shape index (κ3) is 3.43. The summed E-state index contributed by atoms with van der Waals surface area (Å²) < 4.78 is 7.40. The lowest BCUT2D eigenvalue weighted by molar-refractivity contribution is 0.310. The van der Waals surface area contributed by atoms with Crippen LogP contribution in [0, 0.1) is 5.92 Å². The molecule has 0 aliphatic carbocycles. The quantitative estimate of drug-likeness (QED) is 0.915. The van der Waals surface area contributed by atoms with Gasteiger partial charge in [-0.25, -0.2) is 4.68 Å². The Hall–Kier alpha value is -1.56. The van der Waals surface area contributed by atoms with E-state index in [1.54, 1.807) is 7.11 Å². The van der Waals surface area contributed by atoms with Gasteiger partial charge in [-0.1, -0.05) is 12.1 Å². The number of ether oxygens (including phenoxy) is 1. The highest BCUT2D eigenvalue weighted by molar-refractivity contribution is 5.85. The van der Waals surface area contributed by atoms with E-state index in [9.17, 15) is 0 Å². The van der Waals surface area contributed by atoms with Crippen molar-refractivity contribution in [1.82, 2.24) is 14.7 Å². The lowest BCUT2D eigenvalue weighted by Crippen LogP contribution is -2.24. The highest BCUT2D eigenvalue weighted by atomic mass is 35.5. The van der Waals surface area contributed by atoms with E-state index >= 15 is 0 Å². The summed E-state index contributed by atoms with van der Waals surface area (Å²) in [6.07, 6.45) is 3.04. The monoisotopic (exact) mass is 322 g/mol. The minimum absolute atomic E-state index is 0. The van der Waals surface area contributed by atoms with E-state index in [-0.39, 0.29) is 12.4 Å². The SMILES string of the molecule is COc1ccccc1-n1nccc1CN1CCC(CN)C1.Cl. The third-order valence-corrected chi connectivity index (χ3v) is 4.12. The van der Waals surface area contributed by atoms with Gasteiger partial charge in [0.05, 0.1) is 12.8 Å². The van der Waals surface area contributed by atoms with Gasteiger partial charge in [-0.05, 0) is 43.6 Å². The van der Waals surface area contributed by atoms with Crippen LogP contribution in [0.3, 0.4) is 0 Å². The van der Waals surface area contributed by atoms with Gasteiger partial charge in [0, 0.05) is 19.3 Å². The molecule has 5 nitrogen and oxygen atoms in total. The van der Waals surface area contributed by atoms with E-state index in [2.05, 4.69) is 16.1 Å². The number of methoxy groups -OCH3 is 1. The molecule has 1 aromatic carbocycles. The van der Waals surface area contributed by atoms with Gasteiger partial charge in [0.2, 0.25) is 0 Å². The highest BCUT2D eigenvalue weighted by Crippen LogP contribution is 2.24. The van der Waals surface area contributed by atoms with Crippen molar-refractivity contribution in [1.29, 1.82) is 0 Å². The Kier molecular flexibility index (Phi) is 5.83. The first-order valence-corrected chi connectivity index (χ1v) is 7.40. The average molecular weight is 323 g/mol. The number of nitrogens with two attached hydrogens (primary N) is 1. The van der Waals surface area contributed by atoms with Crippen molar-refractivity contribution in [3.63, 3.8) is 0 Å². The number of halogens is 1. The van der Waals surface area contributed by atoms with Crippen LogP contribution in [0.5, 0.6) is 5.75 Å². The zero-order chi connectivity index (χ0) is 14.7. The van der Waals surface area contributed by atoms with Crippen LogP contribution >= 0.6 is 12.4 Å². The minimum atomic E-state index is 0. The van der Waals surface area contributed by atoms with Crippen LogP contribution in [0.2, 0.25) is 0 Å². The predicted octanol–water partition coefficient (Wildman–Crippen LogP) is 2.08. The van der Waals surface area contributed by atoms with Gasteiger partial charge in [-0.3, -0.25) is 4.90 Å². The second kappa shape index (κ2) is 7.63. The molecule has 1 atom stereocenters. The van der Waals surface area contributed by atoms with Gasteiger partial charge in [0.15, 0.2) is 0 Å². The lowest BCUT2D eigenvalue weighted by atomic mass is 10.1. The fourth-order valence-electron chi connectivity index (χ4n) is 2.95. The van der Waals surface area contributed by atoms with Gasteiger partial charge in [-0.15, -0.1) is 12.4 Å². The molecule has 6 heteroatoms. The summed E-state index contributed by atoms with van der Waals surface area (Å²) in [4.78, 5) is 2.44. The zero-order valence-corrected chi connectivity index (χ0v) is 13.6. The normalized spacial score (nSPS) is 18.2. The van der Waals surface area contributed by atoms with E-state index < -0.39 is 0 Å². The van der Waals surface area contributed by atoms with Crippen LogP contribution in [-0.2, 0) is 6.54 Å². The van der Waals surface area contributed by atoms with Crippen LogP contribution in [0.4, 0.5) is 0 Å². The van der Waals surface area contributed by atoms with Gasteiger partial charge >= 0.3 is 0 Å². The fraction of sp³-hybridized carbons (Fsp3) is 0.438. The number of benzene rings is 1. The smallest absolute Gasteiger partial charge is 0.144 e. The maximum absolute atomic E-state index is 5.77. The van der Waals surface area contributed by atoms with Gasteiger partial charge in [0.25, 0.3) is 0 Å². The topological polar surface area (TPSA) is 56.3 Å². The number of para-hydroxylation sites is 2. The lowest BCUT2D eigenvalue weighted by Gasteiger charge is -2.17. The standard InChI is InChI=1S/C16H22N4O.ClH/c1-21-16-5-3-2-4-15(16)20-14(6-8-18-20)12-19-9-7-13(10-17)11-19;/h2-6,8,13H,7,9-12,17H2,1H3;1H. The number of rotatable bonds is 5. The fourth-order valence-corrected chi connectivity index (χ4v) is 2.95. The average Bonchev–Trinajstić information content (AvgIpc) is 3.17. The molecule has 1 aromatic heterocycles. The maximum atomic E-state index is 5.77. The molecule has 120 valence electrons.